The lowest BCUT2D eigenvalue weighted by Gasteiger charge is -2.29. The number of aromatic hydroxyl groups is 2. The van der Waals surface area contributed by atoms with E-state index >= 15 is 0 Å². The van der Waals surface area contributed by atoms with Gasteiger partial charge in [0.1, 0.15) is 65.9 Å². The number of carbonyl (C=O) groups excluding carboxylic acids is 9. The molecule has 0 saturated carbocycles. The minimum atomic E-state index is -1.70. The number of nitrogens with two attached hydrogens (primary N) is 1. The van der Waals surface area contributed by atoms with E-state index in [1.165, 1.54) is 67.3 Å². The number of hydrogen-bond acceptors (Lipinski definition) is 16. The summed E-state index contributed by atoms with van der Waals surface area (Å²) in [7, 11) is 0. The third-order valence-electron chi connectivity index (χ3n) is 11.8. The Morgan fingerprint density at radius 3 is 1.51 bits per heavy atom. The van der Waals surface area contributed by atoms with Crippen LogP contribution in [0.15, 0.2) is 48.5 Å². The first-order valence-electron chi connectivity index (χ1n) is 23.1. The van der Waals surface area contributed by atoms with Crippen molar-refractivity contribution in [2.45, 2.75) is 114 Å². The standard InChI is InChI=1S/C46H66N10O15S/c1-5-23(2)37(45(69)52-32(20-57)42(66)48-24(3)39(63)54-34(22-72)43(67)53-33(21-58)46(70)71)55-41(65)31(18-27-10-14-29(60)15-11-27)51-40(64)30(17-26-8-12-28(59)13-9-26)50-38(62)25(4)49-44(68)35-7-6-16-56(35)36(61)19-47/h8-15,23-25,30-35,37,57-60,72H,5-7,16-22,47H2,1-4H3,(H,48,66)(H,49,68)(H,50,62)(H,51,64)(H,52,69)(H,53,67)(H,54,63)(H,55,65)(H,70,71)/t23-,24-,25-,30-,31-,32-,33-,34-,35-,37-/m0/s1. The highest BCUT2D eigenvalue weighted by molar-refractivity contribution is 7.80. The van der Waals surface area contributed by atoms with Crippen LogP contribution in [0.25, 0.3) is 0 Å². The van der Waals surface area contributed by atoms with E-state index in [0.29, 0.717) is 30.5 Å². The Hall–Kier alpha value is -7.03. The van der Waals surface area contributed by atoms with Crippen LogP contribution in [0.5, 0.6) is 11.5 Å². The first kappa shape index (κ1) is 59.3. The zero-order valence-corrected chi connectivity index (χ0v) is 41.1. The summed E-state index contributed by atoms with van der Waals surface area (Å²) in [6.07, 6.45) is 0.759. The molecule has 1 saturated heterocycles. The van der Waals surface area contributed by atoms with Gasteiger partial charge >= 0.3 is 5.97 Å². The quantitative estimate of drug-likeness (QED) is 0.0377. The highest BCUT2D eigenvalue weighted by atomic mass is 32.1. The number of phenols is 2. The highest BCUT2D eigenvalue weighted by Crippen LogP contribution is 2.18. The number of carbonyl (C=O) groups is 10. The predicted molar refractivity (Wildman–Crippen MR) is 259 cm³/mol. The summed E-state index contributed by atoms with van der Waals surface area (Å²) in [5, 5.41) is 67.9. The summed E-state index contributed by atoms with van der Waals surface area (Å²) in [6, 6.07) is -1.20. The highest BCUT2D eigenvalue weighted by Gasteiger charge is 2.37. The van der Waals surface area contributed by atoms with E-state index in [1.807, 2.05) is 5.32 Å². The predicted octanol–water partition coefficient (Wildman–Crippen LogP) is -4.20. The van der Waals surface area contributed by atoms with Crippen molar-refractivity contribution in [3.8, 4) is 11.5 Å². The number of amides is 9. The maximum atomic E-state index is 14.4. The molecule has 396 valence electrons. The molecule has 3 rings (SSSR count). The van der Waals surface area contributed by atoms with Crippen LogP contribution in [0.1, 0.15) is 58.1 Å². The summed E-state index contributed by atoms with van der Waals surface area (Å²) >= 11 is 4.00. The zero-order valence-electron chi connectivity index (χ0n) is 40.3. The van der Waals surface area contributed by atoms with Crippen molar-refractivity contribution in [1.82, 2.24) is 47.4 Å². The topological polar surface area (TPSA) is 397 Å². The molecule has 0 unspecified atom stereocenters. The van der Waals surface area contributed by atoms with Crippen molar-refractivity contribution in [2.75, 3.05) is 32.1 Å². The van der Waals surface area contributed by atoms with Gasteiger partial charge in [-0.25, -0.2) is 4.79 Å². The number of aliphatic hydroxyl groups excluding tert-OH is 2. The lowest BCUT2D eigenvalue weighted by Crippen LogP contribution is -2.62. The number of rotatable bonds is 27. The van der Waals surface area contributed by atoms with Gasteiger partial charge in [-0.1, -0.05) is 44.5 Å². The van der Waals surface area contributed by atoms with Gasteiger partial charge in [-0.05, 0) is 68.0 Å². The van der Waals surface area contributed by atoms with Gasteiger partial charge < -0.3 is 78.7 Å². The van der Waals surface area contributed by atoms with Crippen LogP contribution in [-0.2, 0) is 60.8 Å². The van der Waals surface area contributed by atoms with E-state index < -0.39 is 133 Å². The summed E-state index contributed by atoms with van der Waals surface area (Å²) < 4.78 is 0. The molecule has 0 radical (unpaired) electrons. The normalized spacial score (nSPS) is 16.9. The second-order valence-corrected chi connectivity index (χ2v) is 17.6. The van der Waals surface area contributed by atoms with E-state index in [9.17, 15) is 68.4 Å². The Bertz CT molecular complexity index is 2240. The van der Waals surface area contributed by atoms with Crippen molar-refractivity contribution < 1.29 is 73.5 Å². The lowest BCUT2D eigenvalue weighted by atomic mass is 9.96. The number of carboxylic acids is 1. The monoisotopic (exact) mass is 1030 g/mol. The molecule has 1 aliphatic rings. The fraction of sp³-hybridized carbons (Fsp3) is 0.522. The SMILES string of the molecule is CC[C@H](C)[C@H](NC(=O)[C@H](Cc1ccc(O)cc1)NC(=O)[C@H](Cc1ccc(O)cc1)NC(=O)[C@H](C)NC(=O)[C@@H]1CCCN1C(=O)CN)C(=O)N[C@@H](CO)C(=O)N[C@@H](C)C(=O)N[C@@H](CS)C(=O)N[C@@H](CO)C(=O)O. The van der Waals surface area contributed by atoms with Gasteiger partial charge in [-0.2, -0.15) is 12.6 Å². The Morgan fingerprint density at radius 2 is 1.04 bits per heavy atom. The van der Waals surface area contributed by atoms with Crippen LogP contribution in [-0.4, -0.2) is 176 Å². The van der Waals surface area contributed by atoms with Crippen LogP contribution in [0, 0.1) is 5.92 Å². The largest absolute Gasteiger partial charge is 0.508 e. The molecule has 2 aromatic rings. The maximum Gasteiger partial charge on any atom is 0.328 e. The Morgan fingerprint density at radius 1 is 0.611 bits per heavy atom. The fourth-order valence-corrected chi connectivity index (χ4v) is 7.55. The van der Waals surface area contributed by atoms with Gasteiger partial charge in [0.2, 0.25) is 53.2 Å². The van der Waals surface area contributed by atoms with Crippen molar-refractivity contribution in [3.63, 3.8) is 0 Å². The molecular weight excluding hydrogens is 965 g/mol. The van der Waals surface area contributed by atoms with Crippen LogP contribution in [0.3, 0.4) is 0 Å². The average Bonchev–Trinajstić information content (AvgIpc) is 3.86. The van der Waals surface area contributed by atoms with E-state index in [0.717, 1.165) is 0 Å². The van der Waals surface area contributed by atoms with E-state index in [4.69, 9.17) is 10.8 Å². The van der Waals surface area contributed by atoms with Crippen molar-refractivity contribution >= 4 is 71.8 Å². The maximum absolute atomic E-state index is 14.4. The second-order valence-electron chi connectivity index (χ2n) is 17.2. The van der Waals surface area contributed by atoms with Gasteiger partial charge in [0.15, 0.2) is 0 Å². The third-order valence-corrected chi connectivity index (χ3v) is 12.2. The summed E-state index contributed by atoms with van der Waals surface area (Å²) in [6.45, 7) is 3.97. The molecule has 0 aromatic heterocycles. The first-order valence-corrected chi connectivity index (χ1v) is 23.7. The summed E-state index contributed by atoms with van der Waals surface area (Å²) in [5.41, 5.74) is 6.43. The van der Waals surface area contributed by atoms with Crippen LogP contribution in [0.2, 0.25) is 0 Å². The average molecular weight is 1030 g/mol. The number of phenolic OH excluding ortho intramolecular Hbond substituents is 2. The van der Waals surface area contributed by atoms with Crippen molar-refractivity contribution in [1.29, 1.82) is 0 Å². The third kappa shape index (κ3) is 17.7. The van der Waals surface area contributed by atoms with Gasteiger partial charge in [0, 0.05) is 25.1 Å². The van der Waals surface area contributed by atoms with Crippen molar-refractivity contribution in [3.05, 3.63) is 59.7 Å². The van der Waals surface area contributed by atoms with Gasteiger partial charge in [-0.15, -0.1) is 0 Å². The number of nitrogens with one attached hydrogen (secondary N) is 8. The lowest BCUT2D eigenvalue weighted by molar-refractivity contribution is -0.143. The molecule has 26 heteroatoms. The van der Waals surface area contributed by atoms with Crippen LogP contribution in [0.4, 0.5) is 0 Å². The van der Waals surface area contributed by atoms with Crippen LogP contribution < -0.4 is 48.3 Å². The molecule has 0 spiro atoms. The molecule has 72 heavy (non-hydrogen) atoms. The molecule has 9 amide bonds. The van der Waals surface area contributed by atoms with E-state index in [1.54, 1.807) is 13.8 Å². The van der Waals surface area contributed by atoms with Gasteiger partial charge in [0.05, 0.1) is 19.8 Å². The number of likely N-dealkylation sites (tertiary alicyclic amines) is 1. The molecule has 1 fully saturated rings. The van der Waals surface area contributed by atoms with Gasteiger partial charge in [-0.3, -0.25) is 43.2 Å². The van der Waals surface area contributed by atoms with E-state index in [-0.39, 0.29) is 43.1 Å². The number of benzene rings is 2. The number of aliphatic hydroxyl groups is 2. The molecule has 25 nitrogen and oxygen atoms in total. The number of carboxylic acid groups (broad SMARTS) is 1. The zero-order chi connectivity index (χ0) is 53.8. The molecule has 2 aromatic carbocycles. The summed E-state index contributed by atoms with van der Waals surface area (Å²) in [5.74, 6) is -10.3. The second kappa shape index (κ2) is 28.7. The van der Waals surface area contributed by atoms with Crippen LogP contribution >= 0.6 is 12.6 Å². The minimum absolute atomic E-state index is 0.0797. The molecule has 1 heterocycles. The molecule has 1 aliphatic heterocycles. The minimum Gasteiger partial charge on any atom is -0.508 e. The molecular formula is C46H66N10O15S. The number of aliphatic carboxylic acids is 1. The molecule has 0 bridgehead atoms. The Kier molecular flexibility index (Phi) is 23.7. The number of hydrogen-bond donors (Lipinski definition) is 15. The van der Waals surface area contributed by atoms with Crippen molar-refractivity contribution in [2.24, 2.45) is 11.7 Å². The Labute approximate surface area is 420 Å². The fourth-order valence-electron chi connectivity index (χ4n) is 7.29. The van der Waals surface area contributed by atoms with E-state index in [2.05, 4.69) is 49.8 Å². The Balaban J connectivity index is 1.84. The molecule has 0 aliphatic carbocycles. The molecule has 10 atom stereocenters. The number of thiol groups is 1. The first-order chi connectivity index (χ1) is 34.1. The molecule has 15 N–H and O–H groups in total. The summed E-state index contributed by atoms with van der Waals surface area (Å²) in [4.78, 5) is 133. The van der Waals surface area contributed by atoms with Gasteiger partial charge in [0.25, 0.3) is 0 Å². The smallest absolute Gasteiger partial charge is 0.328 e. The number of nitrogens with zero attached hydrogens (tertiary/aromatic N) is 1.